The molecular formula is C15H31Cl2N3O. The Kier molecular flexibility index (Phi) is 9.17. The van der Waals surface area contributed by atoms with Crippen molar-refractivity contribution in [3.63, 3.8) is 0 Å². The van der Waals surface area contributed by atoms with Crippen molar-refractivity contribution in [2.24, 2.45) is 22.8 Å². The number of likely N-dealkylation sites (tertiary alicyclic amines) is 1. The van der Waals surface area contributed by atoms with Gasteiger partial charge >= 0.3 is 0 Å². The molecule has 2 aliphatic rings. The molecule has 2 rings (SSSR count). The highest BCUT2D eigenvalue weighted by Crippen LogP contribution is 2.31. The number of nitrogens with two attached hydrogens (primary N) is 2. The summed E-state index contributed by atoms with van der Waals surface area (Å²) in [5, 5.41) is 0. The smallest absolute Gasteiger partial charge is 0.227 e. The summed E-state index contributed by atoms with van der Waals surface area (Å²) in [4.78, 5) is 14.7. The third-order valence-electron chi connectivity index (χ3n) is 5.00. The molecule has 1 saturated heterocycles. The van der Waals surface area contributed by atoms with Gasteiger partial charge in [-0.05, 0) is 31.2 Å². The van der Waals surface area contributed by atoms with Crippen molar-refractivity contribution in [2.45, 2.75) is 57.9 Å². The normalized spacial score (nSPS) is 33.4. The average molecular weight is 340 g/mol. The van der Waals surface area contributed by atoms with Crippen molar-refractivity contribution >= 4 is 30.7 Å². The number of rotatable bonds is 2. The Morgan fingerprint density at radius 3 is 2.38 bits per heavy atom. The summed E-state index contributed by atoms with van der Waals surface area (Å²) in [5.41, 5.74) is 12.2. The van der Waals surface area contributed by atoms with Crippen molar-refractivity contribution in [1.29, 1.82) is 0 Å². The standard InChI is InChI=1S/C15H29N3O.2ClH/c1-15(10-16)8-9-18(11-15)14(19)12-6-4-2-3-5-7-13(12)17;;/h12-13H,2-11,16-17H2,1H3;2*1H. The van der Waals surface area contributed by atoms with Crippen LogP contribution in [0.2, 0.25) is 0 Å². The Balaban J connectivity index is 0.00000200. The molecule has 1 heterocycles. The van der Waals surface area contributed by atoms with E-state index in [0.29, 0.717) is 6.54 Å². The van der Waals surface area contributed by atoms with Crippen LogP contribution in [0.15, 0.2) is 0 Å². The lowest BCUT2D eigenvalue weighted by Gasteiger charge is -2.30. The van der Waals surface area contributed by atoms with Gasteiger partial charge in [-0.3, -0.25) is 4.79 Å². The third-order valence-corrected chi connectivity index (χ3v) is 5.00. The maximum Gasteiger partial charge on any atom is 0.227 e. The van der Waals surface area contributed by atoms with Crippen molar-refractivity contribution < 1.29 is 4.79 Å². The Morgan fingerprint density at radius 2 is 1.81 bits per heavy atom. The molecular weight excluding hydrogens is 309 g/mol. The van der Waals surface area contributed by atoms with Crippen LogP contribution in [0, 0.1) is 11.3 Å². The lowest BCUT2D eigenvalue weighted by Crippen LogP contribution is -2.44. The molecule has 1 aliphatic carbocycles. The molecule has 3 atom stereocenters. The SMILES string of the molecule is CC1(CN)CCN(C(=O)C2CCCCCCC2N)C1.Cl.Cl. The van der Waals surface area contributed by atoms with Gasteiger partial charge in [-0.2, -0.15) is 0 Å². The van der Waals surface area contributed by atoms with Gasteiger partial charge in [-0.1, -0.05) is 32.6 Å². The average Bonchev–Trinajstić information content (AvgIpc) is 2.77. The van der Waals surface area contributed by atoms with Crippen LogP contribution in [0.5, 0.6) is 0 Å². The van der Waals surface area contributed by atoms with Gasteiger partial charge in [0.15, 0.2) is 0 Å². The van der Waals surface area contributed by atoms with E-state index < -0.39 is 0 Å². The summed E-state index contributed by atoms with van der Waals surface area (Å²) < 4.78 is 0. The molecule has 3 unspecified atom stereocenters. The minimum atomic E-state index is 0. The van der Waals surface area contributed by atoms with E-state index in [2.05, 4.69) is 6.92 Å². The zero-order chi connectivity index (χ0) is 13.9. The van der Waals surface area contributed by atoms with E-state index in [-0.39, 0.29) is 48.1 Å². The van der Waals surface area contributed by atoms with Crippen molar-refractivity contribution in [2.75, 3.05) is 19.6 Å². The van der Waals surface area contributed by atoms with Crippen LogP contribution >= 0.6 is 24.8 Å². The quantitative estimate of drug-likeness (QED) is 0.810. The topological polar surface area (TPSA) is 72.3 Å². The summed E-state index contributed by atoms with van der Waals surface area (Å²) in [6.45, 7) is 4.51. The maximum atomic E-state index is 12.7. The predicted molar refractivity (Wildman–Crippen MR) is 92.0 cm³/mol. The number of halogens is 2. The lowest BCUT2D eigenvalue weighted by molar-refractivity contribution is -0.136. The molecule has 126 valence electrons. The van der Waals surface area contributed by atoms with Crippen molar-refractivity contribution in [1.82, 2.24) is 4.90 Å². The third kappa shape index (κ3) is 5.27. The van der Waals surface area contributed by atoms with Crippen LogP contribution in [0.4, 0.5) is 0 Å². The second-order valence-corrected chi connectivity index (χ2v) is 6.79. The number of hydrogen-bond acceptors (Lipinski definition) is 3. The first-order valence-electron chi connectivity index (χ1n) is 7.80. The minimum absolute atomic E-state index is 0. The minimum Gasteiger partial charge on any atom is -0.342 e. The van der Waals surface area contributed by atoms with E-state index in [1.165, 1.54) is 19.3 Å². The summed E-state index contributed by atoms with van der Waals surface area (Å²) in [6, 6.07) is 0.0533. The van der Waals surface area contributed by atoms with E-state index >= 15 is 0 Å². The van der Waals surface area contributed by atoms with E-state index in [1.807, 2.05) is 4.90 Å². The fourth-order valence-electron chi connectivity index (χ4n) is 3.43. The molecule has 0 bridgehead atoms. The molecule has 0 aromatic rings. The number of carbonyl (C=O) groups is 1. The van der Waals surface area contributed by atoms with Crippen LogP contribution in [-0.2, 0) is 4.79 Å². The number of amides is 1. The van der Waals surface area contributed by atoms with Crippen LogP contribution < -0.4 is 11.5 Å². The Hall–Kier alpha value is -0.0300. The maximum absolute atomic E-state index is 12.7. The van der Waals surface area contributed by atoms with Crippen molar-refractivity contribution in [3.8, 4) is 0 Å². The first kappa shape index (κ1) is 21.0. The highest BCUT2D eigenvalue weighted by Gasteiger charge is 2.38. The molecule has 4 nitrogen and oxygen atoms in total. The molecule has 0 aromatic heterocycles. The summed E-state index contributed by atoms with van der Waals surface area (Å²) in [7, 11) is 0. The zero-order valence-electron chi connectivity index (χ0n) is 13.1. The van der Waals surface area contributed by atoms with Gasteiger partial charge in [0.05, 0.1) is 5.92 Å². The Bertz CT molecular complexity index is 330. The van der Waals surface area contributed by atoms with Crippen LogP contribution in [0.25, 0.3) is 0 Å². The van der Waals surface area contributed by atoms with Crippen LogP contribution in [0.1, 0.15) is 51.9 Å². The number of nitrogens with zero attached hydrogens (tertiary/aromatic N) is 1. The first-order valence-corrected chi connectivity index (χ1v) is 7.80. The summed E-state index contributed by atoms with van der Waals surface area (Å²) >= 11 is 0. The zero-order valence-corrected chi connectivity index (χ0v) is 14.7. The summed E-state index contributed by atoms with van der Waals surface area (Å²) in [5.74, 6) is 0.326. The molecule has 0 aromatic carbocycles. The van der Waals surface area contributed by atoms with E-state index in [1.54, 1.807) is 0 Å². The number of carbonyl (C=O) groups excluding carboxylic acids is 1. The van der Waals surface area contributed by atoms with E-state index in [4.69, 9.17) is 11.5 Å². The first-order chi connectivity index (χ1) is 9.06. The monoisotopic (exact) mass is 339 g/mol. The molecule has 0 spiro atoms. The number of hydrogen-bond donors (Lipinski definition) is 2. The molecule has 4 N–H and O–H groups in total. The van der Waals surface area contributed by atoms with Gasteiger partial charge in [0.1, 0.15) is 0 Å². The Morgan fingerprint density at radius 1 is 1.19 bits per heavy atom. The van der Waals surface area contributed by atoms with Gasteiger partial charge in [0.25, 0.3) is 0 Å². The van der Waals surface area contributed by atoms with Crippen LogP contribution in [-0.4, -0.2) is 36.5 Å². The molecule has 2 fully saturated rings. The van der Waals surface area contributed by atoms with Gasteiger partial charge in [-0.25, -0.2) is 0 Å². The summed E-state index contributed by atoms with van der Waals surface area (Å²) in [6.07, 6.45) is 7.82. The molecule has 1 amide bonds. The largest absolute Gasteiger partial charge is 0.342 e. The molecule has 1 aliphatic heterocycles. The lowest BCUT2D eigenvalue weighted by atomic mass is 9.86. The van der Waals surface area contributed by atoms with E-state index in [9.17, 15) is 4.79 Å². The van der Waals surface area contributed by atoms with Gasteiger partial charge < -0.3 is 16.4 Å². The molecule has 1 saturated carbocycles. The molecule has 21 heavy (non-hydrogen) atoms. The fourth-order valence-corrected chi connectivity index (χ4v) is 3.43. The van der Waals surface area contributed by atoms with Gasteiger partial charge in [-0.15, -0.1) is 24.8 Å². The predicted octanol–water partition coefficient (Wildman–Crippen LogP) is 2.33. The highest BCUT2D eigenvalue weighted by atomic mass is 35.5. The highest BCUT2D eigenvalue weighted by molar-refractivity contribution is 5.85. The Labute approximate surface area is 141 Å². The second-order valence-electron chi connectivity index (χ2n) is 6.79. The molecule has 6 heteroatoms. The van der Waals surface area contributed by atoms with Gasteiger partial charge in [0, 0.05) is 19.1 Å². The van der Waals surface area contributed by atoms with Gasteiger partial charge in [0.2, 0.25) is 5.91 Å². The van der Waals surface area contributed by atoms with Crippen LogP contribution in [0.3, 0.4) is 0 Å². The van der Waals surface area contributed by atoms with Crippen molar-refractivity contribution in [3.05, 3.63) is 0 Å². The van der Waals surface area contributed by atoms with E-state index in [0.717, 1.165) is 38.8 Å². The fraction of sp³-hybridized carbons (Fsp3) is 0.933. The molecule has 0 radical (unpaired) electrons. The second kappa shape index (κ2) is 9.19.